The van der Waals surface area contributed by atoms with Gasteiger partial charge in [-0.2, -0.15) is 5.10 Å². The Balaban J connectivity index is 2.58. The van der Waals surface area contributed by atoms with Crippen LogP contribution in [0.4, 0.5) is 15.9 Å². The lowest BCUT2D eigenvalue weighted by Crippen LogP contribution is -2.22. The quantitative estimate of drug-likeness (QED) is 0.881. The first-order valence-electron chi connectivity index (χ1n) is 6.04. The molecule has 20 heavy (non-hydrogen) atoms. The number of halogens is 1. The van der Waals surface area contributed by atoms with Gasteiger partial charge >= 0.3 is 0 Å². The number of hydrogen-bond acceptors (Lipinski definition) is 4. The van der Waals surface area contributed by atoms with E-state index < -0.39 is 0 Å². The first-order chi connectivity index (χ1) is 9.41. The molecule has 6 heteroatoms. The van der Waals surface area contributed by atoms with Gasteiger partial charge in [-0.25, -0.2) is 4.39 Å². The summed E-state index contributed by atoms with van der Waals surface area (Å²) in [6, 6.07) is 6.22. The van der Waals surface area contributed by atoms with Crippen molar-refractivity contribution in [1.82, 2.24) is 10.2 Å². The van der Waals surface area contributed by atoms with Gasteiger partial charge < -0.3 is 10.6 Å². The number of thiocarbonyl (C=S) groups is 1. The third kappa shape index (κ3) is 2.60. The molecular weight excluding hydrogens is 275 g/mol. The van der Waals surface area contributed by atoms with Crippen molar-refractivity contribution in [2.75, 3.05) is 11.9 Å². The van der Waals surface area contributed by atoms with Crippen molar-refractivity contribution in [2.45, 2.75) is 13.8 Å². The van der Waals surface area contributed by atoms with E-state index in [1.807, 2.05) is 13.8 Å². The summed E-state index contributed by atoms with van der Waals surface area (Å²) in [5, 5.41) is 8.24. The Morgan fingerprint density at radius 1 is 1.30 bits per heavy atom. The van der Waals surface area contributed by atoms with E-state index in [0.29, 0.717) is 17.1 Å². The molecule has 0 fully saturated rings. The number of hydrogen-bond donors (Lipinski definition) is 1. The van der Waals surface area contributed by atoms with Crippen molar-refractivity contribution in [1.29, 1.82) is 0 Å². The van der Waals surface area contributed by atoms with E-state index in [2.05, 4.69) is 10.2 Å². The second-order valence-electron chi connectivity index (χ2n) is 4.51. The largest absolute Gasteiger partial charge is 0.389 e. The monoisotopic (exact) mass is 290 g/mol. The molecule has 0 aliphatic rings. The van der Waals surface area contributed by atoms with Crippen LogP contribution in [0, 0.1) is 19.7 Å². The SMILES string of the molecule is Cc1nnc(N(C)c2cccc(F)c2)c(C(N)=S)c1C. The Hall–Kier alpha value is -2.08. The van der Waals surface area contributed by atoms with E-state index in [-0.39, 0.29) is 10.8 Å². The second kappa shape index (κ2) is 5.50. The molecule has 0 radical (unpaired) electrons. The molecular formula is C14H15FN4S. The summed E-state index contributed by atoms with van der Waals surface area (Å²) < 4.78 is 13.3. The minimum absolute atomic E-state index is 0.249. The molecule has 0 aliphatic carbocycles. The fourth-order valence-corrected chi connectivity index (χ4v) is 2.18. The topological polar surface area (TPSA) is 55.0 Å². The Morgan fingerprint density at radius 3 is 2.60 bits per heavy atom. The van der Waals surface area contributed by atoms with Crippen LogP contribution in [0.2, 0.25) is 0 Å². The molecule has 0 aliphatic heterocycles. The van der Waals surface area contributed by atoms with Crippen LogP contribution < -0.4 is 10.6 Å². The Bertz CT molecular complexity index is 672. The minimum Gasteiger partial charge on any atom is -0.389 e. The Kier molecular flexibility index (Phi) is 3.94. The summed E-state index contributed by atoms with van der Waals surface area (Å²) in [6.07, 6.45) is 0. The lowest BCUT2D eigenvalue weighted by Gasteiger charge is -2.22. The van der Waals surface area contributed by atoms with E-state index >= 15 is 0 Å². The van der Waals surface area contributed by atoms with Crippen LogP contribution >= 0.6 is 12.2 Å². The summed E-state index contributed by atoms with van der Waals surface area (Å²) in [5.41, 5.74) is 8.76. The molecule has 2 aromatic rings. The maximum Gasteiger partial charge on any atom is 0.165 e. The van der Waals surface area contributed by atoms with Crippen LogP contribution in [0.25, 0.3) is 0 Å². The van der Waals surface area contributed by atoms with E-state index in [1.165, 1.54) is 12.1 Å². The number of aryl methyl sites for hydroxylation is 1. The highest BCUT2D eigenvalue weighted by Crippen LogP contribution is 2.27. The van der Waals surface area contributed by atoms with Gasteiger partial charge in [-0.1, -0.05) is 18.3 Å². The molecule has 0 saturated carbocycles. The van der Waals surface area contributed by atoms with E-state index in [0.717, 1.165) is 11.3 Å². The van der Waals surface area contributed by atoms with E-state index in [1.54, 1.807) is 24.1 Å². The van der Waals surface area contributed by atoms with E-state index in [4.69, 9.17) is 18.0 Å². The predicted octanol–water partition coefficient (Wildman–Crippen LogP) is 2.63. The van der Waals surface area contributed by atoms with Crippen molar-refractivity contribution in [3.8, 4) is 0 Å². The number of benzene rings is 1. The van der Waals surface area contributed by atoms with Crippen LogP contribution in [0.15, 0.2) is 24.3 Å². The molecule has 0 bridgehead atoms. The summed E-state index contributed by atoms with van der Waals surface area (Å²) >= 11 is 5.10. The number of aromatic nitrogens is 2. The van der Waals surface area contributed by atoms with Gasteiger partial charge in [-0.15, -0.1) is 5.10 Å². The molecule has 4 nitrogen and oxygen atoms in total. The molecule has 1 aromatic carbocycles. The zero-order valence-corrected chi connectivity index (χ0v) is 12.3. The van der Waals surface area contributed by atoms with Gasteiger partial charge in [-0.3, -0.25) is 0 Å². The third-order valence-corrected chi connectivity index (χ3v) is 3.40. The van der Waals surface area contributed by atoms with Crippen molar-refractivity contribution in [2.24, 2.45) is 5.73 Å². The van der Waals surface area contributed by atoms with Gasteiger partial charge in [0.2, 0.25) is 0 Å². The number of anilines is 2. The highest BCUT2D eigenvalue weighted by atomic mass is 32.1. The van der Waals surface area contributed by atoms with Crippen LogP contribution in [-0.4, -0.2) is 22.2 Å². The molecule has 104 valence electrons. The smallest absolute Gasteiger partial charge is 0.165 e. The molecule has 1 aromatic heterocycles. The maximum absolute atomic E-state index is 13.3. The molecule has 0 amide bonds. The fourth-order valence-electron chi connectivity index (χ4n) is 1.93. The van der Waals surface area contributed by atoms with Gasteiger partial charge in [-0.05, 0) is 37.6 Å². The van der Waals surface area contributed by atoms with Gasteiger partial charge in [0.1, 0.15) is 10.8 Å². The van der Waals surface area contributed by atoms with Crippen LogP contribution in [-0.2, 0) is 0 Å². The van der Waals surface area contributed by atoms with Crippen molar-refractivity contribution in [3.63, 3.8) is 0 Å². The second-order valence-corrected chi connectivity index (χ2v) is 4.95. The minimum atomic E-state index is -0.317. The standard InChI is InChI=1S/C14H15FN4S/c1-8-9(2)17-18-14(12(8)13(16)20)19(3)11-6-4-5-10(15)7-11/h4-7H,1-3H3,(H2,16,20). The predicted molar refractivity (Wildman–Crippen MR) is 81.9 cm³/mol. The molecule has 0 atom stereocenters. The van der Waals surface area contributed by atoms with Crippen LogP contribution in [0.1, 0.15) is 16.8 Å². The van der Waals surface area contributed by atoms with Gasteiger partial charge in [0.15, 0.2) is 5.82 Å². The normalized spacial score (nSPS) is 10.4. The Labute approximate surface area is 122 Å². The zero-order chi connectivity index (χ0) is 14.9. The van der Waals surface area contributed by atoms with Crippen LogP contribution in [0.3, 0.4) is 0 Å². The first kappa shape index (κ1) is 14.3. The summed E-state index contributed by atoms with van der Waals surface area (Å²) in [7, 11) is 1.77. The lowest BCUT2D eigenvalue weighted by molar-refractivity contribution is 0.628. The molecule has 2 N–H and O–H groups in total. The first-order valence-corrected chi connectivity index (χ1v) is 6.45. The van der Waals surface area contributed by atoms with Gasteiger partial charge in [0.05, 0.1) is 11.3 Å². The number of rotatable bonds is 3. The number of nitrogens with two attached hydrogens (primary N) is 1. The summed E-state index contributed by atoms with van der Waals surface area (Å²) in [6.45, 7) is 3.73. The number of nitrogens with zero attached hydrogens (tertiary/aromatic N) is 3. The average molecular weight is 290 g/mol. The lowest BCUT2D eigenvalue weighted by atomic mass is 10.1. The van der Waals surface area contributed by atoms with Crippen molar-refractivity contribution in [3.05, 3.63) is 46.9 Å². The van der Waals surface area contributed by atoms with Gasteiger partial charge in [0.25, 0.3) is 0 Å². The summed E-state index contributed by atoms with van der Waals surface area (Å²) in [5.74, 6) is 0.203. The zero-order valence-electron chi connectivity index (χ0n) is 11.5. The molecule has 0 saturated heterocycles. The maximum atomic E-state index is 13.3. The van der Waals surface area contributed by atoms with Crippen molar-refractivity contribution < 1.29 is 4.39 Å². The van der Waals surface area contributed by atoms with Crippen LogP contribution in [0.5, 0.6) is 0 Å². The van der Waals surface area contributed by atoms with E-state index in [9.17, 15) is 4.39 Å². The molecule has 0 unspecified atom stereocenters. The average Bonchev–Trinajstić information content (AvgIpc) is 2.40. The highest BCUT2D eigenvalue weighted by molar-refractivity contribution is 7.80. The fraction of sp³-hybridized carbons (Fsp3) is 0.214. The molecule has 2 rings (SSSR count). The Morgan fingerprint density at radius 2 is 2.00 bits per heavy atom. The molecule has 0 spiro atoms. The third-order valence-electron chi connectivity index (χ3n) is 3.20. The van der Waals surface area contributed by atoms with Gasteiger partial charge in [0, 0.05) is 12.7 Å². The van der Waals surface area contributed by atoms with Crippen molar-refractivity contribution >= 4 is 28.7 Å². The highest BCUT2D eigenvalue weighted by Gasteiger charge is 2.18. The summed E-state index contributed by atoms with van der Waals surface area (Å²) in [4.78, 5) is 1.97. The molecule has 1 heterocycles.